The van der Waals surface area contributed by atoms with Gasteiger partial charge in [0.25, 0.3) is 0 Å². The van der Waals surface area contributed by atoms with E-state index >= 15 is 0 Å². The molecule has 1 rings (SSSR count). The Labute approximate surface area is 130 Å². The number of carbonyl (C=O) groups is 2. The van der Waals surface area contributed by atoms with Gasteiger partial charge in [-0.1, -0.05) is 17.7 Å². The Hall–Kier alpha value is -1.59. The predicted molar refractivity (Wildman–Crippen MR) is 83.5 cm³/mol. The van der Waals surface area contributed by atoms with E-state index in [2.05, 4.69) is 10.6 Å². The number of hydrogen-bond acceptors (Lipinski definition) is 3. The molecule has 1 aromatic rings. The molecule has 0 saturated heterocycles. The number of carbonyl (C=O) groups excluding carboxylic acids is 2. The summed E-state index contributed by atoms with van der Waals surface area (Å²) in [5, 5.41) is 5.94. The van der Waals surface area contributed by atoms with Gasteiger partial charge in [-0.05, 0) is 38.5 Å². The number of halogens is 1. The van der Waals surface area contributed by atoms with Crippen LogP contribution in [0.3, 0.4) is 0 Å². The van der Waals surface area contributed by atoms with E-state index in [1.807, 2.05) is 13.0 Å². The molecule has 116 valence electrons. The molecule has 0 atom stereocenters. The maximum atomic E-state index is 12.3. The van der Waals surface area contributed by atoms with E-state index in [0.29, 0.717) is 23.9 Å². The van der Waals surface area contributed by atoms with Crippen LogP contribution in [-0.2, 0) is 14.3 Å². The minimum absolute atomic E-state index is 0.350. The summed E-state index contributed by atoms with van der Waals surface area (Å²) in [5.41, 5.74) is 0.288. The molecule has 1 aromatic carbocycles. The van der Waals surface area contributed by atoms with Gasteiger partial charge in [0.1, 0.15) is 5.41 Å². The van der Waals surface area contributed by atoms with Crippen LogP contribution in [0.5, 0.6) is 0 Å². The average Bonchev–Trinajstić information content (AvgIpc) is 2.42. The van der Waals surface area contributed by atoms with Crippen molar-refractivity contribution in [3.05, 3.63) is 28.8 Å². The first-order valence-corrected chi connectivity index (χ1v) is 7.01. The summed E-state index contributed by atoms with van der Waals surface area (Å²) in [4.78, 5) is 24.4. The Bertz CT molecular complexity index is 530. The molecule has 0 unspecified atom stereocenters. The zero-order chi connectivity index (χ0) is 16.0. The molecule has 0 heterocycles. The lowest BCUT2D eigenvalue weighted by Gasteiger charge is -2.23. The molecule has 2 N–H and O–H groups in total. The second-order valence-electron chi connectivity index (χ2n) is 5.29. The zero-order valence-corrected chi connectivity index (χ0v) is 13.5. The highest BCUT2D eigenvalue weighted by molar-refractivity contribution is 6.31. The molecule has 0 spiro atoms. The monoisotopic (exact) mass is 312 g/mol. The normalized spacial score (nSPS) is 11.1. The van der Waals surface area contributed by atoms with Gasteiger partial charge in [-0.3, -0.25) is 9.59 Å². The molecule has 0 aliphatic heterocycles. The number of methoxy groups -OCH3 is 1. The van der Waals surface area contributed by atoms with Gasteiger partial charge in [0.15, 0.2) is 0 Å². The lowest BCUT2D eigenvalue weighted by Crippen LogP contribution is -2.46. The van der Waals surface area contributed by atoms with Gasteiger partial charge in [0, 0.05) is 24.4 Å². The molecule has 0 aromatic heterocycles. The lowest BCUT2D eigenvalue weighted by molar-refractivity contribution is -0.138. The van der Waals surface area contributed by atoms with Crippen LogP contribution < -0.4 is 10.6 Å². The van der Waals surface area contributed by atoms with Crippen LogP contribution >= 0.6 is 11.6 Å². The molecule has 0 aliphatic rings. The maximum Gasteiger partial charge on any atom is 0.239 e. The van der Waals surface area contributed by atoms with E-state index in [9.17, 15) is 9.59 Å². The fourth-order valence-corrected chi connectivity index (χ4v) is 1.77. The Kier molecular flexibility index (Phi) is 6.18. The summed E-state index contributed by atoms with van der Waals surface area (Å²) in [5.74, 6) is -0.737. The summed E-state index contributed by atoms with van der Waals surface area (Å²) in [6.45, 7) is 5.77. The molecule has 2 amide bonds. The SMILES string of the molecule is COCCNC(=O)C(C)(C)C(=O)Nc1cc(Cl)ccc1C. The Balaban J connectivity index is 2.76. The fraction of sp³-hybridized carbons (Fsp3) is 0.467. The van der Waals surface area contributed by atoms with Crippen LogP contribution in [0, 0.1) is 12.3 Å². The van der Waals surface area contributed by atoms with Gasteiger partial charge in [0.05, 0.1) is 6.61 Å². The van der Waals surface area contributed by atoms with Crippen molar-refractivity contribution in [2.75, 3.05) is 25.6 Å². The molecule has 0 fully saturated rings. The molecule has 6 heteroatoms. The van der Waals surface area contributed by atoms with Crippen LogP contribution in [0.1, 0.15) is 19.4 Å². The van der Waals surface area contributed by atoms with Crippen LogP contribution in [0.25, 0.3) is 0 Å². The van der Waals surface area contributed by atoms with Crippen LogP contribution in [0.15, 0.2) is 18.2 Å². The van der Waals surface area contributed by atoms with Crippen LogP contribution in [0.4, 0.5) is 5.69 Å². The Morgan fingerprint density at radius 3 is 2.57 bits per heavy atom. The molecular weight excluding hydrogens is 292 g/mol. The van der Waals surface area contributed by atoms with Crippen molar-refractivity contribution in [3.8, 4) is 0 Å². The molecule has 5 nitrogen and oxygen atoms in total. The Morgan fingerprint density at radius 1 is 1.29 bits per heavy atom. The van der Waals surface area contributed by atoms with Crippen molar-refractivity contribution in [1.82, 2.24) is 5.32 Å². The van der Waals surface area contributed by atoms with Crippen molar-refractivity contribution in [3.63, 3.8) is 0 Å². The first-order chi connectivity index (χ1) is 9.78. The van der Waals surface area contributed by atoms with Gasteiger partial charge < -0.3 is 15.4 Å². The number of ether oxygens (including phenoxy) is 1. The van der Waals surface area contributed by atoms with Gasteiger partial charge in [0.2, 0.25) is 11.8 Å². The van der Waals surface area contributed by atoms with Crippen molar-refractivity contribution in [1.29, 1.82) is 0 Å². The number of benzene rings is 1. The quantitative estimate of drug-likeness (QED) is 0.626. The summed E-state index contributed by atoms with van der Waals surface area (Å²) < 4.78 is 4.86. The Morgan fingerprint density at radius 2 is 1.95 bits per heavy atom. The molecular formula is C15H21ClN2O3. The summed E-state index contributed by atoms with van der Waals surface area (Å²) >= 11 is 5.92. The number of amides is 2. The van der Waals surface area contributed by atoms with E-state index in [-0.39, 0.29) is 11.8 Å². The van der Waals surface area contributed by atoms with E-state index < -0.39 is 5.41 Å². The van der Waals surface area contributed by atoms with Crippen LogP contribution in [-0.4, -0.2) is 32.1 Å². The minimum Gasteiger partial charge on any atom is -0.383 e. The average molecular weight is 313 g/mol. The second kappa shape index (κ2) is 7.43. The predicted octanol–water partition coefficient (Wildman–Crippen LogP) is 2.38. The van der Waals surface area contributed by atoms with Crippen molar-refractivity contribution >= 4 is 29.1 Å². The van der Waals surface area contributed by atoms with Gasteiger partial charge in [-0.15, -0.1) is 0 Å². The van der Waals surface area contributed by atoms with Gasteiger partial charge in [-0.2, -0.15) is 0 Å². The van der Waals surface area contributed by atoms with E-state index in [1.165, 1.54) is 0 Å². The molecule has 0 radical (unpaired) electrons. The van der Waals surface area contributed by atoms with Crippen molar-refractivity contribution in [2.45, 2.75) is 20.8 Å². The van der Waals surface area contributed by atoms with E-state index in [0.717, 1.165) is 5.56 Å². The van der Waals surface area contributed by atoms with Crippen LogP contribution in [0.2, 0.25) is 5.02 Å². The fourth-order valence-electron chi connectivity index (χ4n) is 1.60. The third kappa shape index (κ3) is 4.72. The zero-order valence-electron chi connectivity index (χ0n) is 12.7. The van der Waals surface area contributed by atoms with Gasteiger partial charge in [-0.25, -0.2) is 0 Å². The number of aryl methyl sites for hydroxylation is 1. The highest BCUT2D eigenvalue weighted by Gasteiger charge is 2.36. The molecule has 0 saturated carbocycles. The van der Waals surface area contributed by atoms with E-state index in [1.54, 1.807) is 33.1 Å². The largest absolute Gasteiger partial charge is 0.383 e. The first kappa shape index (κ1) is 17.5. The summed E-state index contributed by atoms with van der Waals surface area (Å²) in [6, 6.07) is 5.21. The van der Waals surface area contributed by atoms with Gasteiger partial charge >= 0.3 is 0 Å². The lowest BCUT2D eigenvalue weighted by atomic mass is 9.91. The number of nitrogens with one attached hydrogen (secondary N) is 2. The van der Waals surface area contributed by atoms with Crippen molar-refractivity contribution in [2.24, 2.45) is 5.41 Å². The number of hydrogen-bond donors (Lipinski definition) is 2. The highest BCUT2D eigenvalue weighted by atomic mass is 35.5. The maximum absolute atomic E-state index is 12.3. The van der Waals surface area contributed by atoms with Crippen molar-refractivity contribution < 1.29 is 14.3 Å². The number of rotatable bonds is 6. The standard InChI is InChI=1S/C15H21ClN2O3/c1-10-5-6-11(16)9-12(10)18-14(20)15(2,3)13(19)17-7-8-21-4/h5-6,9H,7-8H2,1-4H3,(H,17,19)(H,18,20). The highest BCUT2D eigenvalue weighted by Crippen LogP contribution is 2.24. The molecule has 0 bridgehead atoms. The third-order valence-electron chi connectivity index (χ3n) is 3.17. The first-order valence-electron chi connectivity index (χ1n) is 6.64. The summed E-state index contributed by atoms with van der Waals surface area (Å²) in [7, 11) is 1.55. The molecule has 0 aliphatic carbocycles. The van der Waals surface area contributed by atoms with E-state index in [4.69, 9.17) is 16.3 Å². The smallest absolute Gasteiger partial charge is 0.239 e. The topological polar surface area (TPSA) is 67.4 Å². The number of anilines is 1. The third-order valence-corrected chi connectivity index (χ3v) is 3.41. The second-order valence-corrected chi connectivity index (χ2v) is 5.72. The molecule has 21 heavy (non-hydrogen) atoms. The minimum atomic E-state index is -1.19. The summed E-state index contributed by atoms with van der Waals surface area (Å²) in [6.07, 6.45) is 0.